The zero-order valence-electron chi connectivity index (χ0n) is 11.4. The fourth-order valence-corrected chi connectivity index (χ4v) is 2.33. The molecule has 0 saturated heterocycles. The molecule has 1 unspecified atom stereocenters. The molecule has 3 heteroatoms. The van der Waals surface area contributed by atoms with E-state index in [0.29, 0.717) is 10.6 Å². The molecule has 2 aromatic carbocycles. The average Bonchev–Trinajstić information content (AvgIpc) is 2.47. The van der Waals surface area contributed by atoms with Crippen LogP contribution >= 0.6 is 11.6 Å². The summed E-state index contributed by atoms with van der Waals surface area (Å²) in [4.78, 5) is 0. The third-order valence-corrected chi connectivity index (χ3v) is 3.60. The van der Waals surface area contributed by atoms with E-state index >= 15 is 0 Å². The van der Waals surface area contributed by atoms with Crippen LogP contribution in [0.4, 0.5) is 4.39 Å². The second-order valence-corrected chi connectivity index (χ2v) is 5.35. The van der Waals surface area contributed by atoms with Crippen molar-refractivity contribution >= 4 is 11.6 Å². The molecule has 2 rings (SSSR count). The Morgan fingerprint density at radius 2 is 1.85 bits per heavy atom. The van der Waals surface area contributed by atoms with Crippen molar-refractivity contribution < 1.29 is 9.50 Å². The van der Waals surface area contributed by atoms with E-state index in [4.69, 9.17) is 11.6 Å². The fraction of sp³-hybridized carbons (Fsp3) is 0.294. The van der Waals surface area contributed by atoms with Gasteiger partial charge in [-0.25, -0.2) is 4.39 Å². The first-order valence-corrected chi connectivity index (χ1v) is 7.21. The minimum absolute atomic E-state index is 0.207. The zero-order valence-corrected chi connectivity index (χ0v) is 12.2. The molecule has 0 bridgehead atoms. The van der Waals surface area contributed by atoms with E-state index in [0.717, 1.165) is 19.3 Å². The van der Waals surface area contributed by atoms with Gasteiger partial charge in [-0.15, -0.1) is 0 Å². The molecular weight excluding hydrogens is 275 g/mol. The Morgan fingerprint density at radius 1 is 1.15 bits per heavy atom. The third-order valence-electron chi connectivity index (χ3n) is 3.37. The first-order valence-electron chi connectivity index (χ1n) is 6.83. The van der Waals surface area contributed by atoms with E-state index in [2.05, 4.69) is 6.92 Å². The van der Waals surface area contributed by atoms with Crippen molar-refractivity contribution in [1.82, 2.24) is 0 Å². The maximum Gasteiger partial charge on any atom is 0.129 e. The summed E-state index contributed by atoms with van der Waals surface area (Å²) in [5, 5.41) is 10.7. The first-order chi connectivity index (χ1) is 9.61. The highest BCUT2D eigenvalue weighted by molar-refractivity contribution is 6.30. The van der Waals surface area contributed by atoms with Gasteiger partial charge in [0.1, 0.15) is 11.9 Å². The van der Waals surface area contributed by atoms with Gasteiger partial charge in [0.05, 0.1) is 0 Å². The molecule has 2 aromatic rings. The number of hydrogen-bond donors (Lipinski definition) is 1. The molecule has 0 heterocycles. The minimum Gasteiger partial charge on any atom is -0.384 e. The lowest BCUT2D eigenvalue weighted by Crippen LogP contribution is -2.02. The Morgan fingerprint density at radius 3 is 2.50 bits per heavy atom. The van der Waals surface area contributed by atoms with Crippen LogP contribution < -0.4 is 0 Å². The highest BCUT2D eigenvalue weighted by Gasteiger charge is 2.15. The van der Waals surface area contributed by atoms with Crippen LogP contribution in [0.3, 0.4) is 0 Å². The van der Waals surface area contributed by atoms with Crippen LogP contribution in [-0.2, 0) is 6.42 Å². The molecule has 0 aliphatic rings. The largest absolute Gasteiger partial charge is 0.384 e. The number of benzene rings is 2. The molecule has 0 saturated carbocycles. The summed E-state index contributed by atoms with van der Waals surface area (Å²) in [6, 6.07) is 11.9. The van der Waals surface area contributed by atoms with Crippen molar-refractivity contribution in [3.8, 4) is 0 Å². The second-order valence-electron chi connectivity index (χ2n) is 4.91. The summed E-state index contributed by atoms with van der Waals surface area (Å²) in [5.41, 5.74) is 2.11. The highest BCUT2D eigenvalue weighted by Crippen LogP contribution is 2.27. The fourth-order valence-electron chi connectivity index (χ4n) is 2.15. The summed E-state index contributed by atoms with van der Waals surface area (Å²) >= 11 is 5.85. The van der Waals surface area contributed by atoms with Gasteiger partial charge in [0.15, 0.2) is 0 Å². The van der Waals surface area contributed by atoms with Crippen molar-refractivity contribution in [3.05, 3.63) is 70.0 Å². The standard InChI is InChI=1S/C17H18ClFO/c1-2-3-4-12-5-7-13(8-6-12)17(20)15-11-14(18)9-10-16(15)19/h5-11,17,20H,2-4H2,1H3. The van der Waals surface area contributed by atoms with Crippen LogP contribution in [0.1, 0.15) is 42.6 Å². The first kappa shape index (κ1) is 15.0. The third kappa shape index (κ3) is 3.59. The Kier molecular flexibility index (Phi) is 5.16. The predicted molar refractivity (Wildman–Crippen MR) is 80.5 cm³/mol. The average molecular weight is 293 g/mol. The van der Waals surface area contributed by atoms with Crippen molar-refractivity contribution in [2.45, 2.75) is 32.3 Å². The maximum absolute atomic E-state index is 13.7. The molecule has 0 fully saturated rings. The van der Waals surface area contributed by atoms with Crippen LogP contribution in [-0.4, -0.2) is 5.11 Å². The molecule has 1 nitrogen and oxygen atoms in total. The Balaban J connectivity index is 2.20. The van der Waals surface area contributed by atoms with Crippen molar-refractivity contribution in [3.63, 3.8) is 0 Å². The van der Waals surface area contributed by atoms with E-state index in [9.17, 15) is 9.50 Å². The summed E-state index contributed by atoms with van der Waals surface area (Å²) in [5.74, 6) is -0.447. The quantitative estimate of drug-likeness (QED) is 0.831. The summed E-state index contributed by atoms with van der Waals surface area (Å²) in [6.45, 7) is 2.15. The van der Waals surface area contributed by atoms with Crippen LogP contribution in [0.5, 0.6) is 0 Å². The molecule has 0 aromatic heterocycles. The molecule has 106 valence electrons. The van der Waals surface area contributed by atoms with Gasteiger partial charge in [0, 0.05) is 10.6 Å². The lowest BCUT2D eigenvalue weighted by molar-refractivity contribution is 0.215. The summed E-state index contributed by atoms with van der Waals surface area (Å²) in [7, 11) is 0. The van der Waals surface area contributed by atoms with Crippen LogP contribution in [0.15, 0.2) is 42.5 Å². The summed E-state index contributed by atoms with van der Waals surface area (Å²) in [6.07, 6.45) is 2.33. The smallest absolute Gasteiger partial charge is 0.129 e. The van der Waals surface area contributed by atoms with Crippen molar-refractivity contribution in [1.29, 1.82) is 0 Å². The Hall–Kier alpha value is -1.38. The molecular formula is C17H18ClFO. The SMILES string of the molecule is CCCCc1ccc(C(O)c2cc(Cl)ccc2F)cc1. The van der Waals surface area contributed by atoms with Gasteiger partial charge in [-0.1, -0.05) is 49.2 Å². The zero-order chi connectivity index (χ0) is 14.5. The number of hydrogen-bond acceptors (Lipinski definition) is 1. The number of aryl methyl sites for hydroxylation is 1. The number of aliphatic hydroxyl groups is 1. The molecule has 1 N–H and O–H groups in total. The second kappa shape index (κ2) is 6.87. The number of rotatable bonds is 5. The van der Waals surface area contributed by atoms with E-state index in [-0.39, 0.29) is 5.56 Å². The highest BCUT2D eigenvalue weighted by atomic mass is 35.5. The monoisotopic (exact) mass is 292 g/mol. The maximum atomic E-state index is 13.7. The van der Waals surface area contributed by atoms with Crippen LogP contribution in [0.2, 0.25) is 5.02 Å². The van der Waals surface area contributed by atoms with E-state index in [1.807, 2.05) is 24.3 Å². The lowest BCUT2D eigenvalue weighted by Gasteiger charge is -2.13. The van der Waals surface area contributed by atoms with Gasteiger partial charge in [-0.3, -0.25) is 0 Å². The molecule has 0 spiro atoms. The molecule has 0 radical (unpaired) electrons. The van der Waals surface area contributed by atoms with Gasteiger partial charge in [0.25, 0.3) is 0 Å². The Labute approximate surface area is 124 Å². The van der Waals surface area contributed by atoms with Gasteiger partial charge in [0.2, 0.25) is 0 Å². The van der Waals surface area contributed by atoms with Crippen molar-refractivity contribution in [2.75, 3.05) is 0 Å². The number of halogens is 2. The lowest BCUT2D eigenvalue weighted by atomic mass is 9.99. The molecule has 20 heavy (non-hydrogen) atoms. The van der Waals surface area contributed by atoms with Gasteiger partial charge >= 0.3 is 0 Å². The van der Waals surface area contributed by atoms with Gasteiger partial charge in [-0.2, -0.15) is 0 Å². The van der Waals surface area contributed by atoms with E-state index in [1.54, 1.807) is 0 Å². The van der Waals surface area contributed by atoms with Gasteiger partial charge < -0.3 is 5.11 Å². The molecule has 1 atom stereocenters. The van der Waals surface area contributed by atoms with E-state index in [1.165, 1.54) is 23.8 Å². The van der Waals surface area contributed by atoms with Crippen molar-refractivity contribution in [2.24, 2.45) is 0 Å². The molecule has 0 aliphatic heterocycles. The van der Waals surface area contributed by atoms with Crippen LogP contribution in [0, 0.1) is 5.82 Å². The molecule has 0 amide bonds. The van der Waals surface area contributed by atoms with E-state index < -0.39 is 11.9 Å². The normalized spacial score (nSPS) is 12.4. The predicted octanol–water partition coefficient (Wildman–Crippen LogP) is 4.90. The Bertz CT molecular complexity index is 566. The number of aliphatic hydroxyl groups excluding tert-OH is 1. The topological polar surface area (TPSA) is 20.2 Å². The number of unbranched alkanes of at least 4 members (excludes halogenated alkanes) is 1. The van der Waals surface area contributed by atoms with Gasteiger partial charge in [-0.05, 0) is 42.2 Å². The molecule has 0 aliphatic carbocycles. The minimum atomic E-state index is -0.992. The van der Waals surface area contributed by atoms with Crippen LogP contribution in [0.25, 0.3) is 0 Å². The summed E-state index contributed by atoms with van der Waals surface area (Å²) < 4.78 is 13.7.